The average Bonchev–Trinajstić information content (AvgIpc) is 2.95. The number of amides is 2. The third-order valence-corrected chi connectivity index (χ3v) is 3.54. The zero-order chi connectivity index (χ0) is 18.4. The summed E-state index contributed by atoms with van der Waals surface area (Å²) < 4.78 is 1.49. The number of carbonyl (C=O) groups is 3. The molecule has 2 amide bonds. The standard InChI is InChI=1S/C17H20N4O4/c1-3-5-15(22)18-10-16(23)20-12-6-4-7-13(8-12)21-11(2)14(9-19-21)17(24)25/h4,6-9H,3,5,10H2,1-2H3,(H,18,22)(H,20,23)(H,24,25). The van der Waals surface area contributed by atoms with Crippen molar-refractivity contribution >= 4 is 23.5 Å². The third-order valence-electron chi connectivity index (χ3n) is 3.54. The predicted molar refractivity (Wildman–Crippen MR) is 91.8 cm³/mol. The van der Waals surface area contributed by atoms with Crippen molar-refractivity contribution < 1.29 is 19.5 Å². The van der Waals surface area contributed by atoms with Crippen LogP contribution in [0.5, 0.6) is 0 Å². The lowest BCUT2D eigenvalue weighted by atomic mass is 10.2. The van der Waals surface area contributed by atoms with Crippen molar-refractivity contribution in [3.05, 3.63) is 41.7 Å². The molecule has 0 fully saturated rings. The van der Waals surface area contributed by atoms with Gasteiger partial charge in [0.15, 0.2) is 0 Å². The van der Waals surface area contributed by atoms with Gasteiger partial charge in [0.25, 0.3) is 0 Å². The summed E-state index contributed by atoms with van der Waals surface area (Å²) in [6.07, 6.45) is 2.39. The minimum absolute atomic E-state index is 0.104. The molecular formula is C17H20N4O4. The van der Waals surface area contributed by atoms with Crippen molar-refractivity contribution in [2.24, 2.45) is 0 Å². The fourth-order valence-corrected chi connectivity index (χ4v) is 2.29. The Balaban J connectivity index is 2.08. The first kappa shape index (κ1) is 18.2. The van der Waals surface area contributed by atoms with Crippen molar-refractivity contribution in [2.45, 2.75) is 26.7 Å². The average molecular weight is 344 g/mol. The number of hydrogen-bond donors (Lipinski definition) is 3. The zero-order valence-corrected chi connectivity index (χ0v) is 14.1. The SMILES string of the molecule is CCCC(=O)NCC(=O)Nc1cccc(-n2ncc(C(=O)O)c2C)c1. The molecule has 0 atom stereocenters. The van der Waals surface area contributed by atoms with Crippen molar-refractivity contribution in [1.82, 2.24) is 15.1 Å². The van der Waals surface area contributed by atoms with E-state index < -0.39 is 5.97 Å². The van der Waals surface area contributed by atoms with Crippen LogP contribution in [-0.4, -0.2) is 39.2 Å². The summed E-state index contributed by atoms with van der Waals surface area (Å²) in [6, 6.07) is 6.86. The maximum Gasteiger partial charge on any atom is 0.339 e. The van der Waals surface area contributed by atoms with E-state index in [0.29, 0.717) is 23.5 Å². The summed E-state index contributed by atoms with van der Waals surface area (Å²) >= 11 is 0. The molecule has 0 aliphatic carbocycles. The van der Waals surface area contributed by atoms with E-state index in [4.69, 9.17) is 5.11 Å². The van der Waals surface area contributed by atoms with Gasteiger partial charge in [-0.2, -0.15) is 5.10 Å². The fraction of sp³-hybridized carbons (Fsp3) is 0.294. The van der Waals surface area contributed by atoms with E-state index >= 15 is 0 Å². The number of rotatable bonds is 7. The predicted octanol–water partition coefficient (Wildman–Crippen LogP) is 1.73. The highest BCUT2D eigenvalue weighted by atomic mass is 16.4. The van der Waals surface area contributed by atoms with Gasteiger partial charge in [-0.1, -0.05) is 13.0 Å². The molecule has 0 radical (unpaired) electrons. The highest BCUT2D eigenvalue weighted by Gasteiger charge is 2.14. The quantitative estimate of drug-likeness (QED) is 0.708. The Kier molecular flexibility index (Phi) is 5.89. The molecule has 1 aromatic carbocycles. The summed E-state index contributed by atoms with van der Waals surface area (Å²) in [5.41, 5.74) is 1.76. The van der Waals surface area contributed by atoms with Crippen molar-refractivity contribution in [1.29, 1.82) is 0 Å². The molecule has 0 unspecified atom stereocenters. The normalized spacial score (nSPS) is 10.3. The number of carboxylic acid groups (broad SMARTS) is 1. The van der Waals surface area contributed by atoms with Crippen LogP contribution in [0.1, 0.15) is 35.8 Å². The number of hydrogen-bond acceptors (Lipinski definition) is 4. The van der Waals surface area contributed by atoms with E-state index in [-0.39, 0.29) is 23.9 Å². The molecule has 0 aliphatic heterocycles. The number of nitrogens with zero attached hydrogens (tertiary/aromatic N) is 2. The van der Waals surface area contributed by atoms with Crippen molar-refractivity contribution in [2.75, 3.05) is 11.9 Å². The lowest BCUT2D eigenvalue weighted by molar-refractivity contribution is -0.124. The molecule has 0 saturated heterocycles. The lowest BCUT2D eigenvalue weighted by Crippen LogP contribution is -2.32. The fourth-order valence-electron chi connectivity index (χ4n) is 2.29. The topological polar surface area (TPSA) is 113 Å². The largest absolute Gasteiger partial charge is 0.478 e. The highest BCUT2D eigenvalue weighted by Crippen LogP contribution is 2.18. The van der Waals surface area contributed by atoms with E-state index in [1.165, 1.54) is 10.9 Å². The van der Waals surface area contributed by atoms with Crippen LogP contribution in [0, 0.1) is 6.92 Å². The second-order valence-corrected chi connectivity index (χ2v) is 5.49. The molecule has 0 bridgehead atoms. The molecule has 8 heteroatoms. The minimum Gasteiger partial charge on any atom is -0.478 e. The highest BCUT2D eigenvalue weighted by molar-refractivity contribution is 5.94. The number of anilines is 1. The zero-order valence-electron chi connectivity index (χ0n) is 14.1. The van der Waals surface area contributed by atoms with Crippen LogP contribution in [-0.2, 0) is 9.59 Å². The Morgan fingerprint density at radius 3 is 2.64 bits per heavy atom. The van der Waals surface area contributed by atoms with E-state index in [1.54, 1.807) is 31.2 Å². The van der Waals surface area contributed by atoms with Crippen LogP contribution in [0.2, 0.25) is 0 Å². The molecule has 1 aromatic heterocycles. The summed E-state index contributed by atoms with van der Waals surface area (Å²) in [6.45, 7) is 3.44. The Morgan fingerprint density at radius 1 is 1.24 bits per heavy atom. The van der Waals surface area contributed by atoms with E-state index in [0.717, 1.165) is 6.42 Å². The van der Waals surface area contributed by atoms with Crippen LogP contribution < -0.4 is 10.6 Å². The lowest BCUT2D eigenvalue weighted by Gasteiger charge is -2.09. The van der Waals surface area contributed by atoms with Gasteiger partial charge in [-0.05, 0) is 31.5 Å². The van der Waals surface area contributed by atoms with Crippen LogP contribution in [0.15, 0.2) is 30.5 Å². The van der Waals surface area contributed by atoms with Gasteiger partial charge in [0.1, 0.15) is 5.56 Å². The smallest absolute Gasteiger partial charge is 0.339 e. The van der Waals surface area contributed by atoms with E-state index in [9.17, 15) is 14.4 Å². The Hall–Kier alpha value is -3.16. The molecule has 25 heavy (non-hydrogen) atoms. The molecule has 0 aliphatic rings. The third kappa shape index (κ3) is 4.66. The number of carbonyl (C=O) groups excluding carboxylic acids is 2. The molecule has 3 N–H and O–H groups in total. The first-order chi connectivity index (χ1) is 11.9. The number of carboxylic acids is 1. The van der Waals surface area contributed by atoms with E-state index in [2.05, 4.69) is 15.7 Å². The first-order valence-electron chi connectivity index (χ1n) is 7.87. The van der Waals surface area contributed by atoms with Gasteiger partial charge in [0.05, 0.1) is 24.1 Å². The van der Waals surface area contributed by atoms with Crippen molar-refractivity contribution in [3.63, 3.8) is 0 Å². The molecule has 2 aromatic rings. The van der Waals surface area contributed by atoms with Crippen LogP contribution in [0.4, 0.5) is 5.69 Å². The summed E-state index contributed by atoms with van der Waals surface area (Å²) in [5, 5.41) is 18.4. The Bertz CT molecular complexity index is 798. The van der Waals surface area contributed by atoms with Crippen LogP contribution >= 0.6 is 0 Å². The minimum atomic E-state index is -1.05. The van der Waals surface area contributed by atoms with Gasteiger partial charge in [0, 0.05) is 12.1 Å². The number of benzene rings is 1. The van der Waals surface area contributed by atoms with Crippen molar-refractivity contribution in [3.8, 4) is 5.69 Å². The van der Waals surface area contributed by atoms with Gasteiger partial charge < -0.3 is 15.7 Å². The first-order valence-corrected chi connectivity index (χ1v) is 7.87. The van der Waals surface area contributed by atoms with Gasteiger partial charge >= 0.3 is 5.97 Å². The van der Waals surface area contributed by atoms with E-state index in [1.807, 2.05) is 6.92 Å². The number of aromatic carboxylic acids is 1. The van der Waals surface area contributed by atoms with Gasteiger partial charge in [0.2, 0.25) is 11.8 Å². The summed E-state index contributed by atoms with van der Waals surface area (Å²) in [4.78, 5) is 34.4. The molecule has 0 saturated carbocycles. The molecule has 0 spiro atoms. The Labute approximate surface area is 144 Å². The van der Waals surface area contributed by atoms with Gasteiger partial charge in [-0.3, -0.25) is 9.59 Å². The second-order valence-electron chi connectivity index (χ2n) is 5.49. The van der Waals surface area contributed by atoms with Crippen LogP contribution in [0.3, 0.4) is 0 Å². The number of aromatic nitrogens is 2. The summed E-state index contributed by atoms with van der Waals surface area (Å²) in [7, 11) is 0. The molecule has 8 nitrogen and oxygen atoms in total. The van der Waals surface area contributed by atoms with Gasteiger partial charge in [-0.25, -0.2) is 9.48 Å². The Morgan fingerprint density at radius 2 is 2.00 bits per heavy atom. The molecule has 132 valence electrons. The van der Waals surface area contributed by atoms with Crippen LogP contribution in [0.25, 0.3) is 5.69 Å². The molecular weight excluding hydrogens is 324 g/mol. The number of nitrogens with one attached hydrogen (secondary N) is 2. The molecule has 1 heterocycles. The monoisotopic (exact) mass is 344 g/mol. The van der Waals surface area contributed by atoms with Gasteiger partial charge in [-0.15, -0.1) is 0 Å². The maximum absolute atomic E-state index is 11.9. The second kappa shape index (κ2) is 8.09. The molecule has 2 rings (SSSR count). The maximum atomic E-state index is 11.9. The summed E-state index contributed by atoms with van der Waals surface area (Å²) in [5.74, 6) is -1.55.